The van der Waals surface area contributed by atoms with Gasteiger partial charge in [0.1, 0.15) is 17.1 Å². The van der Waals surface area contributed by atoms with Crippen LogP contribution in [0.15, 0.2) is 41.1 Å². The number of aryl methyl sites for hydroxylation is 1. The number of pyridine rings is 1. The highest BCUT2D eigenvalue weighted by Gasteiger charge is 2.09. The number of rotatable bonds is 2. The first-order chi connectivity index (χ1) is 9.79. The van der Waals surface area contributed by atoms with Crippen molar-refractivity contribution in [1.82, 2.24) is 20.1 Å². The van der Waals surface area contributed by atoms with Crippen molar-refractivity contribution in [1.29, 1.82) is 0 Å². The van der Waals surface area contributed by atoms with Gasteiger partial charge in [-0.3, -0.25) is 4.98 Å². The Hall–Kier alpha value is -2.69. The zero-order chi connectivity index (χ0) is 13.5. The van der Waals surface area contributed by atoms with Crippen molar-refractivity contribution in [2.75, 3.05) is 0 Å². The third-order valence-corrected chi connectivity index (χ3v) is 3.31. The Morgan fingerprint density at radius 3 is 2.95 bits per heavy atom. The summed E-state index contributed by atoms with van der Waals surface area (Å²) < 4.78 is 5.08. The molecule has 0 unspecified atom stereocenters. The second kappa shape index (κ2) is 4.16. The van der Waals surface area contributed by atoms with E-state index >= 15 is 0 Å². The van der Waals surface area contributed by atoms with E-state index in [2.05, 4.69) is 20.1 Å². The lowest BCUT2D eigenvalue weighted by Gasteiger charge is -1.96. The number of nitrogens with one attached hydrogen (secondary N) is 1. The van der Waals surface area contributed by atoms with Gasteiger partial charge in [-0.15, -0.1) is 0 Å². The molecule has 98 valence electrons. The predicted molar refractivity (Wildman–Crippen MR) is 75.4 cm³/mol. The van der Waals surface area contributed by atoms with Crippen molar-refractivity contribution in [3.63, 3.8) is 0 Å². The maximum absolute atomic E-state index is 5.08. The number of hydrogen-bond donors (Lipinski definition) is 1. The summed E-state index contributed by atoms with van der Waals surface area (Å²) >= 11 is 0. The number of benzene rings is 1. The number of aromatic nitrogens is 4. The Morgan fingerprint density at radius 2 is 2.10 bits per heavy atom. The summed E-state index contributed by atoms with van der Waals surface area (Å²) in [4.78, 5) is 12.3. The van der Waals surface area contributed by atoms with Crippen LogP contribution in [0.25, 0.3) is 21.9 Å². The summed E-state index contributed by atoms with van der Waals surface area (Å²) in [6.45, 7) is 1.88. The van der Waals surface area contributed by atoms with Gasteiger partial charge in [-0.2, -0.15) is 0 Å². The summed E-state index contributed by atoms with van der Waals surface area (Å²) in [5.41, 5.74) is 3.73. The van der Waals surface area contributed by atoms with Crippen molar-refractivity contribution < 1.29 is 4.52 Å². The van der Waals surface area contributed by atoms with Crippen LogP contribution in [0, 0.1) is 6.92 Å². The molecule has 0 aliphatic carbocycles. The fourth-order valence-electron chi connectivity index (χ4n) is 2.42. The van der Waals surface area contributed by atoms with Crippen molar-refractivity contribution in [3.05, 3.63) is 53.8 Å². The lowest BCUT2D eigenvalue weighted by atomic mass is 10.2. The lowest BCUT2D eigenvalue weighted by Crippen LogP contribution is -1.90. The van der Waals surface area contributed by atoms with E-state index in [9.17, 15) is 0 Å². The molecular weight excluding hydrogens is 252 g/mol. The van der Waals surface area contributed by atoms with E-state index in [0.717, 1.165) is 39.2 Å². The van der Waals surface area contributed by atoms with Gasteiger partial charge >= 0.3 is 0 Å². The second-order valence-corrected chi connectivity index (χ2v) is 4.82. The Morgan fingerprint density at radius 1 is 1.20 bits per heavy atom. The Bertz CT molecular complexity index is 906. The van der Waals surface area contributed by atoms with Gasteiger partial charge in [-0.1, -0.05) is 23.4 Å². The molecule has 3 aromatic heterocycles. The minimum atomic E-state index is 0.625. The molecule has 0 saturated heterocycles. The van der Waals surface area contributed by atoms with Crippen molar-refractivity contribution in [2.45, 2.75) is 13.3 Å². The molecule has 5 heteroatoms. The summed E-state index contributed by atoms with van der Waals surface area (Å²) in [6.07, 6.45) is 2.42. The number of para-hydroxylation sites is 1. The molecule has 0 atom stereocenters. The van der Waals surface area contributed by atoms with E-state index in [1.165, 1.54) is 0 Å². The molecule has 4 rings (SSSR count). The van der Waals surface area contributed by atoms with Crippen LogP contribution in [-0.4, -0.2) is 20.1 Å². The molecule has 1 N–H and O–H groups in total. The topological polar surface area (TPSA) is 67.6 Å². The fraction of sp³-hybridized carbons (Fsp3) is 0.133. The number of fused-ring (bicyclic) bond motifs is 3. The standard InChI is InChI=1S/C15H12N4O/c1-9-6-10(19-20-9)7-14-17-13-8-16-12-5-3-2-4-11(12)15(13)18-14/h2-6,8H,7H2,1H3,(H,17,18). The quantitative estimate of drug-likeness (QED) is 0.604. The van der Waals surface area contributed by atoms with Gasteiger partial charge in [-0.25, -0.2) is 4.98 Å². The van der Waals surface area contributed by atoms with E-state index in [1.807, 2.05) is 37.3 Å². The summed E-state index contributed by atoms with van der Waals surface area (Å²) in [7, 11) is 0. The maximum atomic E-state index is 5.08. The van der Waals surface area contributed by atoms with Crippen LogP contribution in [0.1, 0.15) is 17.3 Å². The molecule has 1 aromatic carbocycles. The normalized spacial score (nSPS) is 11.4. The van der Waals surface area contributed by atoms with Crippen LogP contribution in [0.2, 0.25) is 0 Å². The minimum absolute atomic E-state index is 0.625. The van der Waals surface area contributed by atoms with Gasteiger partial charge in [0.05, 0.1) is 29.3 Å². The van der Waals surface area contributed by atoms with Gasteiger partial charge in [0.15, 0.2) is 0 Å². The maximum Gasteiger partial charge on any atom is 0.133 e. The predicted octanol–water partition coefficient (Wildman–Crippen LogP) is 3.00. The average Bonchev–Trinajstić information content (AvgIpc) is 3.05. The van der Waals surface area contributed by atoms with Crippen molar-refractivity contribution >= 4 is 21.9 Å². The van der Waals surface area contributed by atoms with E-state index in [-0.39, 0.29) is 0 Å². The number of H-pyrrole nitrogens is 1. The Balaban J connectivity index is 1.84. The molecule has 5 nitrogen and oxygen atoms in total. The smallest absolute Gasteiger partial charge is 0.133 e. The minimum Gasteiger partial charge on any atom is -0.361 e. The number of hydrogen-bond acceptors (Lipinski definition) is 4. The van der Waals surface area contributed by atoms with Crippen molar-refractivity contribution in [3.8, 4) is 0 Å². The van der Waals surface area contributed by atoms with Crippen LogP contribution in [0.3, 0.4) is 0 Å². The van der Waals surface area contributed by atoms with Gasteiger partial charge in [0.25, 0.3) is 0 Å². The largest absolute Gasteiger partial charge is 0.361 e. The first kappa shape index (κ1) is 11.2. The van der Waals surface area contributed by atoms with Gasteiger partial charge < -0.3 is 9.51 Å². The highest BCUT2D eigenvalue weighted by Crippen LogP contribution is 2.22. The van der Waals surface area contributed by atoms with E-state index in [4.69, 9.17) is 4.52 Å². The Labute approximate surface area is 114 Å². The lowest BCUT2D eigenvalue weighted by molar-refractivity contribution is 0.391. The van der Waals surface area contributed by atoms with Crippen LogP contribution in [0.4, 0.5) is 0 Å². The van der Waals surface area contributed by atoms with E-state index < -0.39 is 0 Å². The summed E-state index contributed by atoms with van der Waals surface area (Å²) in [5, 5.41) is 5.08. The molecule has 0 bridgehead atoms. The summed E-state index contributed by atoms with van der Waals surface area (Å²) in [5.74, 6) is 1.68. The SMILES string of the molecule is Cc1cc(Cc2nc3cnc4ccccc4c3[nH]2)no1. The van der Waals surface area contributed by atoms with E-state index in [0.29, 0.717) is 6.42 Å². The van der Waals surface area contributed by atoms with Crippen LogP contribution in [0.5, 0.6) is 0 Å². The zero-order valence-corrected chi connectivity index (χ0v) is 10.9. The number of aromatic amines is 1. The van der Waals surface area contributed by atoms with Gasteiger partial charge in [-0.05, 0) is 13.0 Å². The number of nitrogens with zero attached hydrogens (tertiary/aromatic N) is 3. The highest BCUT2D eigenvalue weighted by molar-refractivity contribution is 6.01. The molecule has 20 heavy (non-hydrogen) atoms. The van der Waals surface area contributed by atoms with Gasteiger partial charge in [0, 0.05) is 11.5 Å². The van der Waals surface area contributed by atoms with Crippen molar-refractivity contribution in [2.24, 2.45) is 0 Å². The molecule has 0 saturated carbocycles. The molecule has 3 heterocycles. The second-order valence-electron chi connectivity index (χ2n) is 4.82. The molecular formula is C15H12N4O. The number of imidazole rings is 1. The zero-order valence-electron chi connectivity index (χ0n) is 10.9. The molecule has 0 aliphatic rings. The van der Waals surface area contributed by atoms with Crippen LogP contribution >= 0.6 is 0 Å². The molecule has 4 aromatic rings. The third-order valence-electron chi connectivity index (χ3n) is 3.31. The molecule has 0 aliphatic heterocycles. The first-order valence-electron chi connectivity index (χ1n) is 6.44. The first-order valence-corrected chi connectivity index (χ1v) is 6.44. The van der Waals surface area contributed by atoms with Crippen LogP contribution in [-0.2, 0) is 6.42 Å². The Kier molecular flexibility index (Phi) is 2.32. The average molecular weight is 264 g/mol. The fourth-order valence-corrected chi connectivity index (χ4v) is 2.42. The van der Waals surface area contributed by atoms with E-state index in [1.54, 1.807) is 6.20 Å². The summed E-state index contributed by atoms with van der Waals surface area (Å²) in [6, 6.07) is 9.95. The molecule has 0 spiro atoms. The third kappa shape index (κ3) is 1.75. The molecule has 0 amide bonds. The molecule has 0 radical (unpaired) electrons. The van der Waals surface area contributed by atoms with Crippen LogP contribution < -0.4 is 0 Å². The molecule has 0 fully saturated rings. The monoisotopic (exact) mass is 264 g/mol. The van der Waals surface area contributed by atoms with Gasteiger partial charge in [0.2, 0.25) is 0 Å². The highest BCUT2D eigenvalue weighted by atomic mass is 16.5.